The van der Waals surface area contributed by atoms with Gasteiger partial charge >= 0.3 is 0 Å². The van der Waals surface area contributed by atoms with E-state index in [1.54, 1.807) is 7.11 Å². The van der Waals surface area contributed by atoms with Crippen molar-refractivity contribution in [1.82, 2.24) is 0 Å². The molecule has 0 aromatic carbocycles. The van der Waals surface area contributed by atoms with Crippen LogP contribution in [-0.2, 0) is 4.74 Å². The number of rotatable bonds is 3. The van der Waals surface area contributed by atoms with E-state index >= 15 is 0 Å². The van der Waals surface area contributed by atoms with Crippen molar-refractivity contribution in [2.75, 3.05) is 7.11 Å². The molecule has 13 heavy (non-hydrogen) atoms. The lowest BCUT2D eigenvalue weighted by Gasteiger charge is -2.23. The molecule has 0 bridgehead atoms. The molecule has 2 heteroatoms. The van der Waals surface area contributed by atoms with Crippen LogP contribution in [0.15, 0.2) is 11.8 Å². The highest BCUT2D eigenvalue weighted by molar-refractivity contribution is 5.06. The standard InChI is InChI=1S/C11H17NO/c1-13-9-11-6-3-2-5-10(11)7-4-8-12/h9-10H,2-7H2,1H3/b11-9-. The highest BCUT2D eigenvalue weighted by atomic mass is 16.5. The summed E-state index contributed by atoms with van der Waals surface area (Å²) in [5, 5.41) is 8.51. The molecular formula is C11H17NO. The van der Waals surface area contributed by atoms with Gasteiger partial charge in [0.05, 0.1) is 19.4 Å². The summed E-state index contributed by atoms with van der Waals surface area (Å²) < 4.78 is 5.05. The minimum Gasteiger partial charge on any atom is -0.504 e. The maximum atomic E-state index is 8.51. The number of hydrogen-bond acceptors (Lipinski definition) is 2. The minimum absolute atomic E-state index is 0.605. The topological polar surface area (TPSA) is 33.0 Å². The average molecular weight is 179 g/mol. The molecule has 0 aromatic rings. The molecule has 2 nitrogen and oxygen atoms in total. The van der Waals surface area contributed by atoms with Crippen LogP contribution < -0.4 is 0 Å². The number of hydrogen-bond donors (Lipinski definition) is 0. The van der Waals surface area contributed by atoms with Gasteiger partial charge in [-0.1, -0.05) is 6.42 Å². The molecule has 1 rings (SSSR count). The van der Waals surface area contributed by atoms with Crippen LogP contribution in [0.4, 0.5) is 0 Å². The molecule has 1 aliphatic rings. The number of nitrogens with zero attached hydrogens (tertiary/aromatic N) is 1. The summed E-state index contributed by atoms with van der Waals surface area (Å²) in [6.45, 7) is 0. The van der Waals surface area contributed by atoms with Crippen molar-refractivity contribution < 1.29 is 4.74 Å². The Morgan fingerprint density at radius 3 is 3.15 bits per heavy atom. The van der Waals surface area contributed by atoms with Crippen molar-refractivity contribution in [1.29, 1.82) is 5.26 Å². The van der Waals surface area contributed by atoms with E-state index in [9.17, 15) is 0 Å². The monoisotopic (exact) mass is 179 g/mol. The number of ether oxygens (including phenoxy) is 1. The SMILES string of the molecule is CO/C=C1/CCCCC1CCC#N. The summed E-state index contributed by atoms with van der Waals surface area (Å²) in [5.41, 5.74) is 1.41. The molecule has 0 aliphatic heterocycles. The molecule has 1 unspecified atom stereocenters. The maximum Gasteiger partial charge on any atom is 0.0819 e. The smallest absolute Gasteiger partial charge is 0.0819 e. The fourth-order valence-electron chi connectivity index (χ4n) is 1.98. The molecular weight excluding hydrogens is 162 g/mol. The molecule has 0 amide bonds. The van der Waals surface area contributed by atoms with Crippen LogP contribution in [0.2, 0.25) is 0 Å². The van der Waals surface area contributed by atoms with Gasteiger partial charge in [-0.3, -0.25) is 0 Å². The molecule has 1 aliphatic carbocycles. The zero-order valence-corrected chi connectivity index (χ0v) is 8.25. The Labute approximate surface area is 80.2 Å². The Kier molecular flexibility index (Phi) is 4.39. The van der Waals surface area contributed by atoms with E-state index in [1.807, 2.05) is 6.26 Å². The summed E-state index contributed by atoms with van der Waals surface area (Å²) in [4.78, 5) is 0. The van der Waals surface area contributed by atoms with Crippen LogP contribution in [0, 0.1) is 17.2 Å². The number of methoxy groups -OCH3 is 1. The Balaban J connectivity index is 2.47. The van der Waals surface area contributed by atoms with E-state index in [4.69, 9.17) is 10.00 Å². The van der Waals surface area contributed by atoms with Gasteiger partial charge in [0.1, 0.15) is 0 Å². The van der Waals surface area contributed by atoms with Crippen molar-refractivity contribution in [3.8, 4) is 6.07 Å². The van der Waals surface area contributed by atoms with E-state index in [-0.39, 0.29) is 0 Å². The van der Waals surface area contributed by atoms with Crippen LogP contribution >= 0.6 is 0 Å². The van der Waals surface area contributed by atoms with Gasteiger partial charge in [0, 0.05) is 6.42 Å². The van der Waals surface area contributed by atoms with E-state index in [1.165, 1.54) is 24.8 Å². The maximum absolute atomic E-state index is 8.51. The number of nitriles is 1. The fraction of sp³-hybridized carbons (Fsp3) is 0.727. The van der Waals surface area contributed by atoms with Crippen LogP contribution in [0.5, 0.6) is 0 Å². The quantitative estimate of drug-likeness (QED) is 0.624. The number of allylic oxidation sites excluding steroid dienone is 1. The van der Waals surface area contributed by atoms with Gasteiger partial charge in [0.25, 0.3) is 0 Å². The lowest BCUT2D eigenvalue weighted by Crippen LogP contribution is -2.10. The second-order valence-corrected chi connectivity index (χ2v) is 3.57. The van der Waals surface area contributed by atoms with Gasteiger partial charge < -0.3 is 4.74 Å². The molecule has 1 saturated carbocycles. The molecule has 0 N–H and O–H groups in total. The predicted molar refractivity (Wildman–Crippen MR) is 51.9 cm³/mol. The average Bonchev–Trinajstić information content (AvgIpc) is 2.17. The first-order valence-corrected chi connectivity index (χ1v) is 4.97. The van der Waals surface area contributed by atoms with Crippen LogP contribution in [-0.4, -0.2) is 7.11 Å². The largest absolute Gasteiger partial charge is 0.504 e. The van der Waals surface area contributed by atoms with Gasteiger partial charge in [0.2, 0.25) is 0 Å². The first-order valence-electron chi connectivity index (χ1n) is 4.97. The van der Waals surface area contributed by atoms with E-state index in [0.717, 1.165) is 12.8 Å². The molecule has 0 aromatic heterocycles. The van der Waals surface area contributed by atoms with Gasteiger partial charge in [-0.15, -0.1) is 0 Å². The van der Waals surface area contributed by atoms with Crippen LogP contribution in [0.3, 0.4) is 0 Å². The zero-order valence-electron chi connectivity index (χ0n) is 8.25. The molecule has 0 radical (unpaired) electrons. The first-order chi connectivity index (χ1) is 6.38. The molecule has 1 fully saturated rings. The first kappa shape index (κ1) is 10.1. The third-order valence-electron chi connectivity index (χ3n) is 2.67. The molecule has 0 spiro atoms. The minimum atomic E-state index is 0.605. The van der Waals surface area contributed by atoms with E-state index in [0.29, 0.717) is 12.3 Å². The van der Waals surface area contributed by atoms with Gasteiger partial charge in [-0.05, 0) is 37.2 Å². The molecule has 0 heterocycles. The second kappa shape index (κ2) is 5.64. The van der Waals surface area contributed by atoms with Crippen molar-refractivity contribution in [3.63, 3.8) is 0 Å². The zero-order chi connectivity index (χ0) is 9.52. The van der Waals surface area contributed by atoms with Gasteiger partial charge in [0.15, 0.2) is 0 Å². The molecule has 1 atom stereocenters. The van der Waals surface area contributed by atoms with Crippen molar-refractivity contribution in [2.45, 2.75) is 38.5 Å². The Bertz CT molecular complexity index is 215. The summed E-state index contributed by atoms with van der Waals surface area (Å²) in [7, 11) is 1.70. The summed E-state index contributed by atoms with van der Waals surface area (Å²) in [5.74, 6) is 0.605. The molecule has 72 valence electrons. The fourth-order valence-corrected chi connectivity index (χ4v) is 1.98. The van der Waals surface area contributed by atoms with Crippen molar-refractivity contribution >= 4 is 0 Å². The van der Waals surface area contributed by atoms with E-state index < -0.39 is 0 Å². The third-order valence-corrected chi connectivity index (χ3v) is 2.67. The van der Waals surface area contributed by atoms with Crippen LogP contribution in [0.25, 0.3) is 0 Å². The van der Waals surface area contributed by atoms with Crippen molar-refractivity contribution in [3.05, 3.63) is 11.8 Å². The summed E-state index contributed by atoms with van der Waals surface area (Å²) >= 11 is 0. The van der Waals surface area contributed by atoms with Gasteiger partial charge in [-0.2, -0.15) is 5.26 Å². The molecule has 0 saturated heterocycles. The normalized spacial score (nSPS) is 25.5. The lowest BCUT2D eigenvalue weighted by molar-refractivity contribution is 0.315. The van der Waals surface area contributed by atoms with E-state index in [2.05, 4.69) is 6.07 Å². The second-order valence-electron chi connectivity index (χ2n) is 3.57. The highest BCUT2D eigenvalue weighted by Crippen LogP contribution is 2.32. The van der Waals surface area contributed by atoms with Crippen LogP contribution in [0.1, 0.15) is 38.5 Å². The third kappa shape index (κ3) is 3.10. The summed E-state index contributed by atoms with van der Waals surface area (Å²) in [6, 6.07) is 2.21. The summed E-state index contributed by atoms with van der Waals surface area (Å²) in [6.07, 6.45) is 8.52. The van der Waals surface area contributed by atoms with Crippen molar-refractivity contribution in [2.24, 2.45) is 5.92 Å². The lowest BCUT2D eigenvalue weighted by atomic mass is 9.82. The predicted octanol–water partition coefficient (Wildman–Crippen LogP) is 3.01. The van der Waals surface area contributed by atoms with Gasteiger partial charge in [-0.25, -0.2) is 0 Å². The Hall–Kier alpha value is -0.970. The Morgan fingerprint density at radius 2 is 2.46 bits per heavy atom. The highest BCUT2D eigenvalue weighted by Gasteiger charge is 2.18. The Morgan fingerprint density at radius 1 is 1.62 bits per heavy atom.